The van der Waals surface area contributed by atoms with Gasteiger partial charge >= 0.3 is 0 Å². The highest BCUT2D eigenvalue weighted by atomic mass is 16.5. The number of ether oxygens (including phenoxy) is 1. The van der Waals surface area contributed by atoms with Gasteiger partial charge in [-0.05, 0) is 37.1 Å². The summed E-state index contributed by atoms with van der Waals surface area (Å²) in [5.74, 6) is 0.447. The maximum Gasteiger partial charge on any atom is 0.128 e. The molecule has 0 amide bonds. The average molecular weight is 400 g/mol. The van der Waals surface area contributed by atoms with Gasteiger partial charge in [-0.2, -0.15) is 15.5 Å². The zero-order valence-electron chi connectivity index (χ0n) is 16.4. The Morgan fingerprint density at radius 1 is 1.37 bits per heavy atom. The Bertz CT molecular complexity index is 1260. The molecule has 0 aromatic carbocycles. The molecule has 0 saturated heterocycles. The number of nitrogens with zero attached hydrogens (tertiary/aromatic N) is 6. The monoisotopic (exact) mass is 400 g/mol. The molecule has 9 heteroatoms. The van der Waals surface area contributed by atoms with Gasteiger partial charge in [0.2, 0.25) is 0 Å². The van der Waals surface area contributed by atoms with Crippen LogP contribution in [0.2, 0.25) is 0 Å². The summed E-state index contributed by atoms with van der Waals surface area (Å²) >= 11 is 0. The number of hydrogen-bond acceptors (Lipinski definition) is 7. The van der Waals surface area contributed by atoms with E-state index in [1.54, 1.807) is 19.5 Å². The molecule has 0 radical (unpaired) electrons. The highest BCUT2D eigenvalue weighted by Crippen LogP contribution is 2.43. The number of rotatable bonds is 5. The number of methoxy groups -OCH3 is 1. The van der Waals surface area contributed by atoms with Crippen molar-refractivity contribution < 1.29 is 4.74 Å². The van der Waals surface area contributed by atoms with Crippen LogP contribution < -0.4 is 5.73 Å². The van der Waals surface area contributed by atoms with Crippen molar-refractivity contribution in [2.75, 3.05) is 12.8 Å². The second-order valence-electron chi connectivity index (χ2n) is 7.59. The van der Waals surface area contributed by atoms with E-state index >= 15 is 0 Å². The first kappa shape index (κ1) is 18.3. The zero-order chi connectivity index (χ0) is 20.7. The molecule has 0 spiro atoms. The number of nitriles is 1. The Balaban J connectivity index is 1.62. The molecule has 4 aromatic rings. The van der Waals surface area contributed by atoms with E-state index in [-0.39, 0.29) is 11.6 Å². The van der Waals surface area contributed by atoms with Gasteiger partial charge in [0.05, 0.1) is 47.1 Å². The second-order valence-corrected chi connectivity index (χ2v) is 7.59. The van der Waals surface area contributed by atoms with Crippen LogP contribution in [-0.2, 0) is 10.3 Å². The Morgan fingerprint density at radius 3 is 2.97 bits per heavy atom. The molecule has 1 aliphatic carbocycles. The van der Waals surface area contributed by atoms with Gasteiger partial charge in [0, 0.05) is 24.9 Å². The summed E-state index contributed by atoms with van der Waals surface area (Å²) in [6, 6.07) is 9.97. The average Bonchev–Trinajstić information content (AvgIpc) is 3.39. The van der Waals surface area contributed by atoms with Crippen LogP contribution in [0.1, 0.15) is 19.3 Å². The molecule has 1 saturated carbocycles. The molecule has 3 N–H and O–H groups in total. The molecule has 5 rings (SSSR count). The minimum atomic E-state index is -0.339. The van der Waals surface area contributed by atoms with Crippen molar-refractivity contribution in [2.45, 2.75) is 30.9 Å². The van der Waals surface area contributed by atoms with Gasteiger partial charge in [0.15, 0.2) is 0 Å². The lowest BCUT2D eigenvalue weighted by molar-refractivity contribution is -0.0541. The normalized spacial score (nSPS) is 20.7. The van der Waals surface area contributed by atoms with Crippen LogP contribution in [0.3, 0.4) is 0 Å². The van der Waals surface area contributed by atoms with Crippen LogP contribution in [0, 0.1) is 11.3 Å². The number of nitrogens with two attached hydrogens (primary N) is 1. The fourth-order valence-electron chi connectivity index (χ4n) is 4.14. The molecule has 30 heavy (non-hydrogen) atoms. The van der Waals surface area contributed by atoms with E-state index in [9.17, 15) is 5.26 Å². The van der Waals surface area contributed by atoms with E-state index in [1.165, 1.54) is 0 Å². The molecule has 4 heterocycles. The number of pyridine rings is 2. The van der Waals surface area contributed by atoms with Crippen LogP contribution >= 0.6 is 0 Å². The number of fused-ring (bicyclic) bond motifs is 1. The summed E-state index contributed by atoms with van der Waals surface area (Å²) in [7, 11) is 1.70. The van der Waals surface area contributed by atoms with E-state index in [2.05, 4.69) is 21.3 Å². The number of H-pyrrole nitrogens is 1. The lowest BCUT2D eigenvalue weighted by Gasteiger charge is -2.45. The summed E-state index contributed by atoms with van der Waals surface area (Å²) in [4.78, 5) is 9.34. The van der Waals surface area contributed by atoms with Gasteiger partial charge in [-0.15, -0.1) is 0 Å². The third kappa shape index (κ3) is 2.81. The molecular formula is C21H20N8O. The molecule has 0 atom stereocenters. The SMILES string of the molecule is COC1CC(CC#N)(n2ccc(-c3nc(-c4cn[nH]c4N)cc4ncccc34)n2)C1. The first-order valence-electron chi connectivity index (χ1n) is 9.65. The summed E-state index contributed by atoms with van der Waals surface area (Å²) in [6.45, 7) is 0. The molecular weight excluding hydrogens is 380 g/mol. The van der Waals surface area contributed by atoms with Crippen molar-refractivity contribution in [3.63, 3.8) is 0 Å². The summed E-state index contributed by atoms with van der Waals surface area (Å²) < 4.78 is 7.33. The van der Waals surface area contributed by atoms with Crippen molar-refractivity contribution in [3.8, 4) is 28.7 Å². The fourth-order valence-corrected chi connectivity index (χ4v) is 4.14. The molecule has 0 bridgehead atoms. The lowest BCUT2D eigenvalue weighted by Crippen LogP contribution is -2.50. The highest BCUT2D eigenvalue weighted by molar-refractivity contribution is 5.94. The van der Waals surface area contributed by atoms with Gasteiger partial charge in [0.1, 0.15) is 17.2 Å². The number of hydrogen-bond donors (Lipinski definition) is 2. The van der Waals surface area contributed by atoms with Crippen molar-refractivity contribution in [1.29, 1.82) is 5.26 Å². The van der Waals surface area contributed by atoms with Gasteiger partial charge in [-0.25, -0.2) is 4.98 Å². The smallest absolute Gasteiger partial charge is 0.128 e. The lowest BCUT2D eigenvalue weighted by atomic mass is 9.72. The Hall–Kier alpha value is -3.77. The summed E-state index contributed by atoms with van der Waals surface area (Å²) in [5, 5.41) is 21.8. The van der Waals surface area contributed by atoms with Gasteiger partial charge < -0.3 is 10.5 Å². The Kier molecular flexibility index (Phi) is 4.22. The third-order valence-corrected chi connectivity index (χ3v) is 5.82. The van der Waals surface area contributed by atoms with Crippen molar-refractivity contribution >= 4 is 16.7 Å². The van der Waals surface area contributed by atoms with E-state index in [0.717, 1.165) is 29.4 Å². The maximum atomic E-state index is 9.35. The van der Waals surface area contributed by atoms with Crippen LogP contribution in [0.15, 0.2) is 42.9 Å². The quantitative estimate of drug-likeness (QED) is 0.526. The zero-order valence-corrected chi connectivity index (χ0v) is 16.4. The van der Waals surface area contributed by atoms with Gasteiger partial charge in [-0.3, -0.25) is 14.8 Å². The van der Waals surface area contributed by atoms with Gasteiger partial charge in [0.25, 0.3) is 0 Å². The van der Waals surface area contributed by atoms with Gasteiger partial charge in [-0.1, -0.05) is 0 Å². The molecule has 0 aliphatic heterocycles. The molecule has 4 aromatic heterocycles. The number of nitrogen functional groups attached to an aromatic ring is 1. The van der Waals surface area contributed by atoms with E-state index in [1.807, 2.05) is 35.1 Å². The minimum Gasteiger partial charge on any atom is -0.384 e. The third-order valence-electron chi connectivity index (χ3n) is 5.82. The number of aromatic nitrogens is 6. The van der Waals surface area contributed by atoms with Crippen molar-refractivity contribution in [2.24, 2.45) is 0 Å². The van der Waals surface area contributed by atoms with Crippen LogP contribution in [-0.4, -0.2) is 43.2 Å². The fraction of sp³-hybridized carbons (Fsp3) is 0.286. The number of anilines is 1. The second kappa shape index (κ2) is 6.93. The number of nitrogens with one attached hydrogen (secondary N) is 1. The van der Waals surface area contributed by atoms with Crippen LogP contribution in [0.5, 0.6) is 0 Å². The van der Waals surface area contributed by atoms with E-state index < -0.39 is 0 Å². The first-order valence-corrected chi connectivity index (χ1v) is 9.65. The van der Waals surface area contributed by atoms with Crippen molar-refractivity contribution in [3.05, 3.63) is 42.9 Å². The predicted molar refractivity (Wildman–Crippen MR) is 111 cm³/mol. The Morgan fingerprint density at radius 2 is 2.23 bits per heavy atom. The standard InChI is InChI=1S/C21H20N8O/c1-30-13-10-21(11-13,5-6-22)29-8-4-16(28-29)19-14-3-2-7-24-17(14)9-18(26-19)15-12-25-27-20(15)23/h2-4,7-9,12-13H,5,10-11H2,1H3,(H3,23,25,27). The van der Waals surface area contributed by atoms with Crippen LogP contribution in [0.25, 0.3) is 33.5 Å². The predicted octanol–water partition coefficient (Wildman–Crippen LogP) is 2.88. The molecule has 9 nitrogen and oxygen atoms in total. The van der Waals surface area contributed by atoms with Crippen LogP contribution in [0.4, 0.5) is 5.82 Å². The molecule has 1 fully saturated rings. The van der Waals surface area contributed by atoms with E-state index in [4.69, 9.17) is 20.6 Å². The Labute approximate surface area is 172 Å². The summed E-state index contributed by atoms with van der Waals surface area (Å²) in [5.41, 5.74) is 9.28. The molecule has 0 unspecified atom stereocenters. The molecule has 1 aliphatic rings. The molecule has 150 valence electrons. The topological polar surface area (TPSA) is 131 Å². The maximum absolute atomic E-state index is 9.35. The first-order chi connectivity index (χ1) is 14.6. The largest absolute Gasteiger partial charge is 0.384 e. The minimum absolute atomic E-state index is 0.154. The van der Waals surface area contributed by atoms with Crippen molar-refractivity contribution in [1.82, 2.24) is 29.9 Å². The van der Waals surface area contributed by atoms with E-state index in [0.29, 0.717) is 29.2 Å². The highest BCUT2D eigenvalue weighted by Gasteiger charge is 2.47. The number of aromatic amines is 1. The summed E-state index contributed by atoms with van der Waals surface area (Å²) in [6.07, 6.45) is 7.38.